The highest BCUT2D eigenvalue weighted by Crippen LogP contribution is 2.37. The maximum Gasteiger partial charge on any atom is 0.511 e. The van der Waals surface area contributed by atoms with Crippen molar-refractivity contribution in [3.63, 3.8) is 0 Å². The van der Waals surface area contributed by atoms with E-state index in [0.717, 1.165) is 5.56 Å². The van der Waals surface area contributed by atoms with Gasteiger partial charge in [-0.15, -0.1) is 0 Å². The van der Waals surface area contributed by atoms with Crippen LogP contribution < -0.4 is 15.8 Å². The van der Waals surface area contributed by atoms with Gasteiger partial charge in [-0.05, 0) is 37.6 Å². The number of rotatable bonds is 8. The number of hydrogen-bond acceptors (Lipinski definition) is 8. The Morgan fingerprint density at radius 3 is 2.52 bits per heavy atom. The van der Waals surface area contributed by atoms with Gasteiger partial charge in [0, 0.05) is 18.0 Å². The second-order valence-corrected chi connectivity index (χ2v) is 7.14. The standard InChI is InChI=1S/C22H23ClN4O4/c1-14(2)31-22(28)30-13-29-18-10-4-3-7-15(18)20(27-21-25-11-6-12-26-21)16-8-5-9-17(24)19(16)23/h3-12,14,20H,13,24H2,1-2H3,(H,25,26,27). The van der Waals surface area contributed by atoms with Crippen LogP contribution in [0, 0.1) is 0 Å². The number of para-hydroxylation sites is 1. The summed E-state index contributed by atoms with van der Waals surface area (Å²) in [6.45, 7) is 3.14. The second kappa shape index (κ2) is 10.5. The molecule has 8 nitrogen and oxygen atoms in total. The Balaban J connectivity index is 1.90. The molecule has 3 aromatic rings. The summed E-state index contributed by atoms with van der Waals surface area (Å²) in [7, 11) is 0. The third kappa shape index (κ3) is 5.99. The zero-order valence-electron chi connectivity index (χ0n) is 17.1. The third-order valence-corrected chi connectivity index (χ3v) is 4.60. The molecule has 0 spiro atoms. The van der Waals surface area contributed by atoms with E-state index >= 15 is 0 Å². The normalized spacial score (nSPS) is 11.6. The van der Waals surface area contributed by atoms with Gasteiger partial charge in [-0.2, -0.15) is 0 Å². The molecule has 2 aromatic carbocycles. The van der Waals surface area contributed by atoms with Crippen molar-refractivity contribution < 1.29 is 19.0 Å². The van der Waals surface area contributed by atoms with Crippen LogP contribution in [-0.4, -0.2) is 29.0 Å². The molecule has 1 unspecified atom stereocenters. The molecule has 162 valence electrons. The van der Waals surface area contributed by atoms with Crippen molar-refractivity contribution in [2.24, 2.45) is 0 Å². The summed E-state index contributed by atoms with van der Waals surface area (Å²) in [5.41, 5.74) is 7.91. The molecule has 1 aromatic heterocycles. The van der Waals surface area contributed by atoms with Gasteiger partial charge in [0.2, 0.25) is 12.7 Å². The van der Waals surface area contributed by atoms with E-state index in [4.69, 9.17) is 31.5 Å². The summed E-state index contributed by atoms with van der Waals surface area (Å²) >= 11 is 6.52. The Bertz CT molecular complexity index is 1020. The smallest absolute Gasteiger partial charge is 0.457 e. The molecule has 0 aliphatic heterocycles. The number of nitrogens with two attached hydrogens (primary N) is 1. The van der Waals surface area contributed by atoms with E-state index in [-0.39, 0.29) is 12.9 Å². The van der Waals surface area contributed by atoms with Gasteiger partial charge in [0.15, 0.2) is 0 Å². The van der Waals surface area contributed by atoms with Gasteiger partial charge in [-0.3, -0.25) is 0 Å². The van der Waals surface area contributed by atoms with Crippen molar-refractivity contribution in [3.05, 3.63) is 77.1 Å². The van der Waals surface area contributed by atoms with E-state index in [9.17, 15) is 4.79 Å². The Morgan fingerprint density at radius 1 is 1.06 bits per heavy atom. The Labute approximate surface area is 185 Å². The van der Waals surface area contributed by atoms with Crippen LogP contribution in [0.5, 0.6) is 5.75 Å². The molecule has 0 amide bonds. The lowest BCUT2D eigenvalue weighted by molar-refractivity contribution is -0.00845. The fourth-order valence-corrected chi connectivity index (χ4v) is 3.07. The number of carbonyl (C=O) groups is 1. The minimum absolute atomic E-state index is 0.287. The second-order valence-electron chi connectivity index (χ2n) is 6.76. The highest BCUT2D eigenvalue weighted by atomic mass is 35.5. The van der Waals surface area contributed by atoms with E-state index in [1.807, 2.05) is 30.3 Å². The molecule has 0 aliphatic carbocycles. The molecule has 1 atom stereocenters. The summed E-state index contributed by atoms with van der Waals surface area (Å²) in [4.78, 5) is 20.1. The maximum atomic E-state index is 11.6. The van der Waals surface area contributed by atoms with E-state index in [0.29, 0.717) is 28.0 Å². The van der Waals surface area contributed by atoms with Crippen LogP contribution in [-0.2, 0) is 9.47 Å². The van der Waals surface area contributed by atoms with E-state index in [1.165, 1.54) is 0 Å². The summed E-state index contributed by atoms with van der Waals surface area (Å²) in [5, 5.41) is 3.68. The van der Waals surface area contributed by atoms with Crippen molar-refractivity contribution >= 4 is 29.4 Å². The molecule has 3 N–H and O–H groups in total. The number of aromatic nitrogens is 2. The molecule has 0 radical (unpaired) electrons. The minimum atomic E-state index is -0.807. The number of nitrogens with zero attached hydrogens (tertiary/aromatic N) is 2. The van der Waals surface area contributed by atoms with Gasteiger partial charge < -0.3 is 25.3 Å². The SMILES string of the molecule is CC(C)OC(=O)OCOc1ccccc1C(Nc1ncccn1)c1cccc(N)c1Cl. The number of nitrogens with one attached hydrogen (secondary N) is 1. The molecular formula is C22H23ClN4O4. The molecule has 0 fully saturated rings. The van der Waals surface area contributed by atoms with Crippen molar-refractivity contribution in [2.75, 3.05) is 17.8 Å². The van der Waals surface area contributed by atoms with Crippen LogP contribution >= 0.6 is 11.6 Å². The lowest BCUT2D eigenvalue weighted by Crippen LogP contribution is -2.18. The van der Waals surface area contributed by atoms with Crippen LogP contribution in [0.25, 0.3) is 0 Å². The number of anilines is 2. The van der Waals surface area contributed by atoms with Crippen molar-refractivity contribution in [1.82, 2.24) is 9.97 Å². The van der Waals surface area contributed by atoms with Crippen LogP contribution in [0.4, 0.5) is 16.4 Å². The van der Waals surface area contributed by atoms with Gasteiger partial charge in [-0.1, -0.05) is 41.9 Å². The van der Waals surface area contributed by atoms with Crippen LogP contribution in [0.15, 0.2) is 60.9 Å². The lowest BCUT2D eigenvalue weighted by Gasteiger charge is -2.23. The number of nitrogen functional groups attached to an aromatic ring is 1. The Kier molecular flexibility index (Phi) is 7.50. The highest BCUT2D eigenvalue weighted by Gasteiger charge is 2.23. The summed E-state index contributed by atoms with van der Waals surface area (Å²) in [6, 6.07) is 13.9. The van der Waals surface area contributed by atoms with Crippen molar-refractivity contribution in [2.45, 2.75) is 26.0 Å². The summed E-state index contributed by atoms with van der Waals surface area (Å²) in [6.07, 6.45) is 2.16. The largest absolute Gasteiger partial charge is 0.511 e. The average molecular weight is 443 g/mol. The first-order chi connectivity index (χ1) is 15.0. The van der Waals surface area contributed by atoms with Crippen molar-refractivity contribution in [3.8, 4) is 5.75 Å². The quantitative estimate of drug-likeness (QED) is 0.290. The fourth-order valence-electron chi connectivity index (χ4n) is 2.84. The van der Waals surface area contributed by atoms with Gasteiger partial charge >= 0.3 is 6.16 Å². The van der Waals surface area contributed by atoms with E-state index in [1.54, 1.807) is 44.4 Å². The molecular weight excluding hydrogens is 420 g/mol. The molecule has 0 bridgehead atoms. The van der Waals surface area contributed by atoms with Gasteiger partial charge in [-0.25, -0.2) is 14.8 Å². The molecule has 1 heterocycles. The number of benzene rings is 2. The molecule has 9 heteroatoms. The number of halogens is 1. The maximum absolute atomic E-state index is 11.6. The molecule has 0 aliphatic rings. The molecule has 0 saturated carbocycles. The predicted molar refractivity (Wildman–Crippen MR) is 118 cm³/mol. The topological polar surface area (TPSA) is 109 Å². The van der Waals surface area contributed by atoms with Crippen LogP contribution in [0.2, 0.25) is 5.02 Å². The molecule has 3 rings (SSSR count). The minimum Gasteiger partial charge on any atom is -0.457 e. The van der Waals surface area contributed by atoms with Crippen LogP contribution in [0.3, 0.4) is 0 Å². The van der Waals surface area contributed by atoms with E-state index < -0.39 is 12.2 Å². The third-order valence-electron chi connectivity index (χ3n) is 4.16. The first-order valence-corrected chi connectivity index (χ1v) is 9.96. The number of hydrogen-bond donors (Lipinski definition) is 2. The van der Waals surface area contributed by atoms with Gasteiger partial charge in [0.25, 0.3) is 0 Å². The highest BCUT2D eigenvalue weighted by molar-refractivity contribution is 6.34. The van der Waals surface area contributed by atoms with Crippen molar-refractivity contribution in [1.29, 1.82) is 0 Å². The average Bonchev–Trinajstić information content (AvgIpc) is 2.75. The first-order valence-electron chi connectivity index (χ1n) is 9.58. The summed E-state index contributed by atoms with van der Waals surface area (Å²) < 4.78 is 15.6. The zero-order valence-corrected chi connectivity index (χ0v) is 17.9. The zero-order chi connectivity index (χ0) is 22.2. The van der Waals surface area contributed by atoms with Crippen LogP contribution in [0.1, 0.15) is 31.0 Å². The Morgan fingerprint density at radius 2 is 1.77 bits per heavy atom. The summed E-state index contributed by atoms with van der Waals surface area (Å²) in [5.74, 6) is 0.879. The predicted octanol–water partition coefficient (Wildman–Crippen LogP) is 4.81. The lowest BCUT2D eigenvalue weighted by atomic mass is 9.97. The number of ether oxygens (including phenoxy) is 3. The Hall–Kier alpha value is -3.52. The first kappa shape index (κ1) is 22.2. The fraction of sp³-hybridized carbons (Fsp3) is 0.227. The van der Waals surface area contributed by atoms with E-state index in [2.05, 4.69) is 15.3 Å². The monoisotopic (exact) mass is 442 g/mol. The number of carbonyl (C=O) groups excluding carboxylic acids is 1. The molecule has 0 saturated heterocycles. The van der Waals surface area contributed by atoms with Gasteiger partial charge in [0.05, 0.1) is 22.9 Å². The molecule has 31 heavy (non-hydrogen) atoms. The van der Waals surface area contributed by atoms with Gasteiger partial charge in [0.1, 0.15) is 5.75 Å².